The zero-order valence-corrected chi connectivity index (χ0v) is 9.14. The number of anilines is 1. The Balaban J connectivity index is 3.15. The predicted octanol–water partition coefficient (Wildman–Crippen LogP) is 1.10. The third-order valence-electron chi connectivity index (χ3n) is 1.81. The molecule has 84 valence electrons. The molecule has 1 rings (SSSR count). The van der Waals surface area contributed by atoms with Crippen LogP contribution in [0.1, 0.15) is 13.3 Å². The largest absolute Gasteiger partial charge is 0.398 e. The van der Waals surface area contributed by atoms with E-state index < -0.39 is 20.7 Å². The number of sulfonamides is 1. The summed E-state index contributed by atoms with van der Waals surface area (Å²) < 4.78 is 38.7. The van der Waals surface area contributed by atoms with E-state index in [4.69, 9.17) is 5.73 Å². The molecule has 0 atom stereocenters. The number of nitrogens with two attached hydrogens (primary N) is 1. The molecule has 0 saturated carbocycles. The van der Waals surface area contributed by atoms with Gasteiger partial charge in [0.05, 0.1) is 5.69 Å². The van der Waals surface area contributed by atoms with Crippen LogP contribution in [0.3, 0.4) is 0 Å². The first-order valence-corrected chi connectivity index (χ1v) is 6.01. The van der Waals surface area contributed by atoms with Gasteiger partial charge in [-0.15, -0.1) is 0 Å². The van der Waals surface area contributed by atoms with Gasteiger partial charge in [-0.1, -0.05) is 13.0 Å². The lowest BCUT2D eigenvalue weighted by Gasteiger charge is -2.08. The quantitative estimate of drug-likeness (QED) is 0.763. The molecular formula is C9H13FN2O2S. The number of rotatable bonds is 4. The molecule has 1 aromatic rings. The number of hydrogen-bond donors (Lipinski definition) is 2. The topological polar surface area (TPSA) is 72.2 Å². The Hall–Kier alpha value is -1.14. The summed E-state index contributed by atoms with van der Waals surface area (Å²) in [5, 5.41) is 0. The average Bonchev–Trinajstić information content (AvgIpc) is 2.14. The molecule has 0 aliphatic heterocycles. The van der Waals surface area contributed by atoms with Crippen molar-refractivity contribution >= 4 is 15.7 Å². The van der Waals surface area contributed by atoms with Gasteiger partial charge >= 0.3 is 0 Å². The molecule has 0 aliphatic carbocycles. The van der Waals surface area contributed by atoms with Crippen molar-refractivity contribution < 1.29 is 12.8 Å². The third kappa shape index (κ3) is 2.66. The van der Waals surface area contributed by atoms with Crippen molar-refractivity contribution in [1.82, 2.24) is 4.72 Å². The van der Waals surface area contributed by atoms with Gasteiger partial charge in [-0.05, 0) is 18.6 Å². The first-order valence-electron chi connectivity index (χ1n) is 4.52. The van der Waals surface area contributed by atoms with E-state index in [1.54, 1.807) is 0 Å². The van der Waals surface area contributed by atoms with Crippen molar-refractivity contribution in [1.29, 1.82) is 0 Å². The third-order valence-corrected chi connectivity index (χ3v) is 3.36. The number of nitrogens with one attached hydrogen (secondary N) is 1. The van der Waals surface area contributed by atoms with E-state index in [0.717, 1.165) is 6.07 Å². The fourth-order valence-electron chi connectivity index (χ4n) is 1.12. The molecule has 0 spiro atoms. The monoisotopic (exact) mass is 232 g/mol. The maximum absolute atomic E-state index is 13.3. The summed E-state index contributed by atoms with van der Waals surface area (Å²) >= 11 is 0. The highest BCUT2D eigenvalue weighted by Gasteiger charge is 2.20. The van der Waals surface area contributed by atoms with E-state index in [0.29, 0.717) is 6.42 Å². The van der Waals surface area contributed by atoms with Crippen LogP contribution in [-0.4, -0.2) is 15.0 Å². The maximum atomic E-state index is 13.3. The molecule has 0 aromatic heterocycles. The van der Waals surface area contributed by atoms with Gasteiger partial charge in [-0.3, -0.25) is 0 Å². The molecule has 0 fully saturated rings. The summed E-state index contributed by atoms with van der Waals surface area (Å²) in [6.07, 6.45) is 0.633. The van der Waals surface area contributed by atoms with E-state index >= 15 is 0 Å². The lowest BCUT2D eigenvalue weighted by molar-refractivity contribution is 0.558. The molecule has 15 heavy (non-hydrogen) atoms. The van der Waals surface area contributed by atoms with Gasteiger partial charge in [0.25, 0.3) is 0 Å². The Morgan fingerprint density at radius 3 is 2.67 bits per heavy atom. The van der Waals surface area contributed by atoms with Crippen LogP contribution in [0.25, 0.3) is 0 Å². The highest BCUT2D eigenvalue weighted by molar-refractivity contribution is 7.89. The van der Waals surface area contributed by atoms with E-state index in [1.165, 1.54) is 12.1 Å². The summed E-state index contributed by atoms with van der Waals surface area (Å²) in [7, 11) is -3.83. The van der Waals surface area contributed by atoms with Crippen molar-refractivity contribution in [3.8, 4) is 0 Å². The van der Waals surface area contributed by atoms with E-state index in [9.17, 15) is 12.8 Å². The van der Waals surface area contributed by atoms with Crippen LogP contribution in [0.2, 0.25) is 0 Å². The van der Waals surface area contributed by atoms with Crippen molar-refractivity contribution in [2.24, 2.45) is 0 Å². The first kappa shape index (κ1) is 11.9. The minimum absolute atomic E-state index is 0.0846. The van der Waals surface area contributed by atoms with Gasteiger partial charge < -0.3 is 5.73 Å². The standard InChI is InChI=1S/C9H13FN2O2S/c1-2-6-12-15(13,14)9-7(10)4-3-5-8(9)11/h3-5,12H,2,6,11H2,1H3. The lowest BCUT2D eigenvalue weighted by Crippen LogP contribution is -2.26. The molecule has 1 aromatic carbocycles. The molecule has 6 heteroatoms. The molecule has 0 saturated heterocycles. The minimum atomic E-state index is -3.83. The van der Waals surface area contributed by atoms with Crippen LogP contribution < -0.4 is 10.5 Å². The summed E-state index contributed by atoms with van der Waals surface area (Å²) in [5.74, 6) is -0.835. The number of halogens is 1. The van der Waals surface area contributed by atoms with E-state index in [2.05, 4.69) is 4.72 Å². The first-order chi connectivity index (χ1) is 6.99. The Kier molecular flexibility index (Phi) is 3.65. The SMILES string of the molecule is CCCNS(=O)(=O)c1c(N)cccc1F. The van der Waals surface area contributed by atoms with Crippen molar-refractivity contribution in [2.75, 3.05) is 12.3 Å². The Morgan fingerprint density at radius 2 is 2.13 bits per heavy atom. The van der Waals surface area contributed by atoms with Crippen LogP contribution in [0.5, 0.6) is 0 Å². The Bertz CT molecular complexity index is 425. The maximum Gasteiger partial charge on any atom is 0.245 e. The van der Waals surface area contributed by atoms with E-state index in [-0.39, 0.29) is 12.2 Å². The molecule has 0 unspecified atom stereocenters. The molecular weight excluding hydrogens is 219 g/mol. The second kappa shape index (κ2) is 4.59. The normalized spacial score (nSPS) is 11.6. The Morgan fingerprint density at radius 1 is 1.47 bits per heavy atom. The molecule has 4 nitrogen and oxygen atoms in total. The molecule has 0 bridgehead atoms. The number of nitrogen functional groups attached to an aromatic ring is 1. The molecule has 0 amide bonds. The smallest absolute Gasteiger partial charge is 0.245 e. The van der Waals surface area contributed by atoms with Gasteiger partial charge in [0.1, 0.15) is 10.7 Å². The van der Waals surface area contributed by atoms with Crippen LogP contribution in [0.15, 0.2) is 23.1 Å². The van der Waals surface area contributed by atoms with Crippen molar-refractivity contribution in [3.63, 3.8) is 0 Å². The second-order valence-corrected chi connectivity index (χ2v) is 4.76. The second-order valence-electron chi connectivity index (χ2n) is 3.06. The molecule has 0 radical (unpaired) electrons. The van der Waals surface area contributed by atoms with Crippen LogP contribution >= 0.6 is 0 Å². The van der Waals surface area contributed by atoms with Crippen LogP contribution in [0.4, 0.5) is 10.1 Å². The summed E-state index contributed by atoms with van der Waals surface area (Å²) in [6, 6.07) is 3.78. The summed E-state index contributed by atoms with van der Waals surface area (Å²) in [5.41, 5.74) is 5.34. The number of benzene rings is 1. The lowest BCUT2D eigenvalue weighted by atomic mass is 10.3. The zero-order valence-electron chi connectivity index (χ0n) is 8.33. The van der Waals surface area contributed by atoms with Gasteiger partial charge in [0.2, 0.25) is 10.0 Å². The fourth-order valence-corrected chi connectivity index (χ4v) is 2.44. The van der Waals surface area contributed by atoms with Crippen molar-refractivity contribution in [2.45, 2.75) is 18.2 Å². The summed E-state index contributed by atoms with van der Waals surface area (Å²) in [6.45, 7) is 2.07. The fraction of sp³-hybridized carbons (Fsp3) is 0.333. The Labute approximate surface area is 88.3 Å². The zero-order chi connectivity index (χ0) is 11.5. The molecule has 0 heterocycles. The predicted molar refractivity (Wildman–Crippen MR) is 56.3 cm³/mol. The molecule has 0 aliphatic rings. The van der Waals surface area contributed by atoms with Crippen LogP contribution in [0, 0.1) is 5.82 Å². The van der Waals surface area contributed by atoms with E-state index in [1.807, 2.05) is 6.92 Å². The minimum Gasteiger partial charge on any atom is -0.398 e. The van der Waals surface area contributed by atoms with Gasteiger partial charge in [-0.25, -0.2) is 17.5 Å². The van der Waals surface area contributed by atoms with Gasteiger partial charge in [0, 0.05) is 6.54 Å². The van der Waals surface area contributed by atoms with Crippen molar-refractivity contribution in [3.05, 3.63) is 24.0 Å². The molecule has 3 N–H and O–H groups in total. The average molecular weight is 232 g/mol. The van der Waals surface area contributed by atoms with Gasteiger partial charge in [-0.2, -0.15) is 0 Å². The number of hydrogen-bond acceptors (Lipinski definition) is 3. The summed E-state index contributed by atoms with van der Waals surface area (Å²) in [4.78, 5) is -0.474. The van der Waals surface area contributed by atoms with Gasteiger partial charge in [0.15, 0.2) is 0 Å². The highest BCUT2D eigenvalue weighted by Crippen LogP contribution is 2.20. The highest BCUT2D eigenvalue weighted by atomic mass is 32.2. The van der Waals surface area contributed by atoms with Crippen LogP contribution in [-0.2, 0) is 10.0 Å².